The Morgan fingerprint density at radius 3 is 2.50 bits per heavy atom. The molecule has 1 atom stereocenters. The Labute approximate surface area is 171 Å². The lowest BCUT2D eigenvalue weighted by Crippen LogP contribution is -2.43. The summed E-state index contributed by atoms with van der Waals surface area (Å²) in [4.78, 5) is 28.3. The predicted octanol–water partition coefficient (Wildman–Crippen LogP) is 5.81. The molecule has 2 aromatic rings. The molecule has 1 unspecified atom stereocenters. The van der Waals surface area contributed by atoms with E-state index >= 15 is 0 Å². The number of carbonyl (C=O) groups excluding carboxylic acids is 2. The van der Waals surface area contributed by atoms with Gasteiger partial charge in [-0.25, -0.2) is 0 Å². The van der Waals surface area contributed by atoms with Crippen molar-refractivity contribution in [3.63, 3.8) is 0 Å². The normalized spacial score (nSPS) is 21.7. The zero-order chi connectivity index (χ0) is 20.1. The second-order valence-corrected chi connectivity index (χ2v) is 9.06. The molecule has 0 bridgehead atoms. The van der Waals surface area contributed by atoms with E-state index in [1.54, 1.807) is 17.0 Å². The average molecular weight is 394 g/mol. The molecule has 0 saturated heterocycles. The molecule has 0 fully saturated rings. The Morgan fingerprint density at radius 2 is 1.79 bits per heavy atom. The van der Waals surface area contributed by atoms with Crippen LogP contribution in [0, 0.1) is 12.3 Å². The number of halogens is 1. The van der Waals surface area contributed by atoms with Gasteiger partial charge < -0.3 is 0 Å². The molecule has 4 heteroatoms. The molecule has 1 aliphatic carbocycles. The van der Waals surface area contributed by atoms with E-state index in [1.807, 2.05) is 43.3 Å². The summed E-state index contributed by atoms with van der Waals surface area (Å²) in [5, 5.41) is 0.579. The van der Waals surface area contributed by atoms with Crippen LogP contribution in [0.1, 0.15) is 50.2 Å². The first-order chi connectivity index (χ1) is 13.3. The molecule has 1 amide bonds. The highest BCUT2D eigenvalue weighted by atomic mass is 35.5. The molecule has 1 aliphatic heterocycles. The van der Waals surface area contributed by atoms with Crippen molar-refractivity contribution >= 4 is 29.0 Å². The molecule has 2 aliphatic rings. The summed E-state index contributed by atoms with van der Waals surface area (Å²) >= 11 is 6.20. The predicted molar refractivity (Wildman–Crippen MR) is 113 cm³/mol. The zero-order valence-corrected chi connectivity index (χ0v) is 17.2. The lowest BCUT2D eigenvalue weighted by atomic mass is 9.69. The van der Waals surface area contributed by atoms with Crippen LogP contribution in [-0.2, 0) is 9.59 Å². The average Bonchev–Trinajstić information content (AvgIpc) is 2.60. The van der Waals surface area contributed by atoms with Crippen molar-refractivity contribution in [2.24, 2.45) is 5.41 Å². The van der Waals surface area contributed by atoms with Gasteiger partial charge in [-0.3, -0.25) is 14.5 Å². The van der Waals surface area contributed by atoms with Crippen LogP contribution in [0.3, 0.4) is 0 Å². The van der Waals surface area contributed by atoms with Gasteiger partial charge in [0.25, 0.3) is 0 Å². The van der Waals surface area contributed by atoms with Crippen molar-refractivity contribution in [3.05, 3.63) is 76.0 Å². The summed E-state index contributed by atoms with van der Waals surface area (Å²) < 4.78 is 0. The molecule has 0 N–H and O–H groups in total. The molecule has 0 aromatic heterocycles. The van der Waals surface area contributed by atoms with Gasteiger partial charge in [-0.15, -0.1) is 0 Å². The molecule has 2 aromatic carbocycles. The van der Waals surface area contributed by atoms with E-state index in [1.165, 1.54) is 0 Å². The lowest BCUT2D eigenvalue weighted by molar-refractivity contribution is -0.121. The van der Waals surface area contributed by atoms with E-state index in [0.29, 0.717) is 24.3 Å². The minimum Gasteiger partial charge on any atom is -0.294 e. The SMILES string of the molecule is Cc1ccccc1C1CC(=O)N(c2cccc(Cl)c2)C2=C1C(=O)CC(C)(C)C2. The number of rotatable bonds is 2. The van der Waals surface area contributed by atoms with Crippen LogP contribution < -0.4 is 4.90 Å². The number of aryl methyl sites for hydroxylation is 1. The van der Waals surface area contributed by atoms with Crippen molar-refractivity contribution in [1.82, 2.24) is 0 Å². The Kier molecular flexibility index (Phi) is 4.67. The molecule has 3 nitrogen and oxygen atoms in total. The standard InChI is InChI=1S/C24H24ClNO2/c1-15-7-4-5-10-18(15)19-12-22(28)26(17-9-6-8-16(25)11-17)20-13-24(2,3)14-21(27)23(19)20/h4-11,19H,12-14H2,1-3H3. The number of carbonyl (C=O) groups is 2. The zero-order valence-electron chi connectivity index (χ0n) is 16.5. The fourth-order valence-electron chi connectivity index (χ4n) is 4.57. The molecule has 28 heavy (non-hydrogen) atoms. The summed E-state index contributed by atoms with van der Waals surface area (Å²) in [7, 11) is 0. The first-order valence-electron chi connectivity index (χ1n) is 9.67. The number of hydrogen-bond donors (Lipinski definition) is 0. The maximum atomic E-state index is 13.3. The summed E-state index contributed by atoms with van der Waals surface area (Å²) in [6, 6.07) is 15.4. The number of nitrogens with zero attached hydrogens (tertiary/aromatic N) is 1. The van der Waals surface area contributed by atoms with Crippen molar-refractivity contribution in [2.75, 3.05) is 4.90 Å². The fourth-order valence-corrected chi connectivity index (χ4v) is 4.76. The quantitative estimate of drug-likeness (QED) is 0.645. The third kappa shape index (κ3) is 3.29. The van der Waals surface area contributed by atoms with Crippen LogP contribution >= 0.6 is 11.6 Å². The number of anilines is 1. The lowest BCUT2D eigenvalue weighted by Gasteiger charge is -2.43. The summed E-state index contributed by atoms with van der Waals surface area (Å²) in [5.74, 6) is -0.0125. The van der Waals surface area contributed by atoms with Gasteiger partial charge in [-0.05, 0) is 48.1 Å². The number of allylic oxidation sites excluding steroid dienone is 2. The Bertz CT molecular complexity index is 1010. The minimum atomic E-state index is -0.180. The second kappa shape index (κ2) is 6.89. The van der Waals surface area contributed by atoms with Gasteiger partial charge in [0.2, 0.25) is 5.91 Å². The van der Waals surface area contributed by atoms with Crippen molar-refractivity contribution in [2.45, 2.75) is 46.0 Å². The van der Waals surface area contributed by atoms with Crippen molar-refractivity contribution in [1.29, 1.82) is 0 Å². The fraction of sp³-hybridized carbons (Fsp3) is 0.333. The Balaban J connectivity index is 1.93. The van der Waals surface area contributed by atoms with Gasteiger partial charge in [0, 0.05) is 35.1 Å². The van der Waals surface area contributed by atoms with E-state index in [9.17, 15) is 9.59 Å². The van der Waals surface area contributed by atoms with Gasteiger partial charge >= 0.3 is 0 Å². The molecule has 1 heterocycles. The van der Waals surface area contributed by atoms with Crippen LogP contribution in [0.5, 0.6) is 0 Å². The number of amides is 1. The van der Waals surface area contributed by atoms with Gasteiger partial charge in [0.1, 0.15) is 0 Å². The highest BCUT2D eigenvalue weighted by Gasteiger charge is 2.44. The molecule has 4 rings (SSSR count). The van der Waals surface area contributed by atoms with Crippen LogP contribution in [-0.4, -0.2) is 11.7 Å². The van der Waals surface area contributed by atoms with Gasteiger partial charge in [0.15, 0.2) is 5.78 Å². The topological polar surface area (TPSA) is 37.4 Å². The third-order valence-electron chi connectivity index (χ3n) is 5.77. The molecular formula is C24H24ClNO2. The highest BCUT2D eigenvalue weighted by molar-refractivity contribution is 6.31. The van der Waals surface area contributed by atoms with Crippen LogP contribution in [0.4, 0.5) is 5.69 Å². The smallest absolute Gasteiger partial charge is 0.232 e. The van der Waals surface area contributed by atoms with Crippen molar-refractivity contribution < 1.29 is 9.59 Å². The van der Waals surface area contributed by atoms with E-state index in [-0.39, 0.29) is 23.0 Å². The van der Waals surface area contributed by atoms with E-state index in [2.05, 4.69) is 13.8 Å². The van der Waals surface area contributed by atoms with Crippen LogP contribution in [0.2, 0.25) is 5.02 Å². The number of Topliss-reactive ketones (excluding diaryl/α,β-unsaturated/α-hetero) is 1. The molecule has 0 saturated carbocycles. The van der Waals surface area contributed by atoms with Gasteiger partial charge in [-0.1, -0.05) is 55.8 Å². The summed E-state index contributed by atoms with van der Waals surface area (Å²) in [5.41, 5.74) is 4.38. The first kappa shape index (κ1) is 18.9. The Hall–Kier alpha value is -2.39. The van der Waals surface area contributed by atoms with Crippen molar-refractivity contribution in [3.8, 4) is 0 Å². The van der Waals surface area contributed by atoms with E-state index in [0.717, 1.165) is 28.1 Å². The monoisotopic (exact) mass is 393 g/mol. The second-order valence-electron chi connectivity index (χ2n) is 8.62. The molecule has 144 valence electrons. The van der Waals surface area contributed by atoms with Crippen LogP contribution in [0.15, 0.2) is 59.8 Å². The summed E-state index contributed by atoms with van der Waals surface area (Å²) in [6.07, 6.45) is 1.49. The number of hydrogen-bond acceptors (Lipinski definition) is 2. The Morgan fingerprint density at radius 1 is 1.04 bits per heavy atom. The highest BCUT2D eigenvalue weighted by Crippen LogP contribution is 2.48. The first-order valence-corrected chi connectivity index (χ1v) is 10.0. The third-order valence-corrected chi connectivity index (χ3v) is 6.01. The van der Waals surface area contributed by atoms with E-state index in [4.69, 9.17) is 11.6 Å². The molecular weight excluding hydrogens is 370 g/mol. The maximum Gasteiger partial charge on any atom is 0.232 e. The molecule has 0 spiro atoms. The minimum absolute atomic E-state index is 0.0137. The van der Waals surface area contributed by atoms with E-state index < -0.39 is 0 Å². The number of ketones is 1. The van der Waals surface area contributed by atoms with Gasteiger partial charge in [0.05, 0.1) is 5.69 Å². The largest absolute Gasteiger partial charge is 0.294 e. The van der Waals surface area contributed by atoms with Crippen LogP contribution in [0.25, 0.3) is 0 Å². The number of benzene rings is 2. The maximum absolute atomic E-state index is 13.3. The van der Waals surface area contributed by atoms with Gasteiger partial charge in [-0.2, -0.15) is 0 Å². The molecule has 0 radical (unpaired) electrons. The summed E-state index contributed by atoms with van der Waals surface area (Å²) in [6.45, 7) is 6.22.